The zero-order valence-electron chi connectivity index (χ0n) is 16.7. The fourth-order valence-electron chi connectivity index (χ4n) is 4.03. The molecule has 2 aromatic rings. The zero-order valence-corrected chi connectivity index (χ0v) is 16.7. The first-order valence-electron chi connectivity index (χ1n) is 10.5. The largest absolute Gasteiger partial charge is 0.491 e. The number of halogens is 1. The van der Waals surface area contributed by atoms with Crippen molar-refractivity contribution in [2.75, 3.05) is 31.6 Å². The number of nitrogens with one attached hydrogen (secondary N) is 1. The van der Waals surface area contributed by atoms with Crippen LogP contribution in [0, 0.1) is 5.82 Å². The van der Waals surface area contributed by atoms with Crippen molar-refractivity contribution in [3.63, 3.8) is 0 Å². The fraction of sp³-hybridized carbons (Fsp3) is 0.435. The molecule has 2 amide bonds. The van der Waals surface area contributed by atoms with Crippen molar-refractivity contribution in [2.24, 2.45) is 0 Å². The van der Waals surface area contributed by atoms with E-state index in [1.807, 2.05) is 6.07 Å². The molecule has 1 N–H and O–H groups in total. The summed E-state index contributed by atoms with van der Waals surface area (Å²) in [6.45, 7) is 4.53. The number of hydrogen-bond donors (Lipinski definition) is 1. The van der Waals surface area contributed by atoms with Gasteiger partial charge in [-0.05, 0) is 55.8 Å². The van der Waals surface area contributed by atoms with Gasteiger partial charge in [-0.1, -0.05) is 31.0 Å². The van der Waals surface area contributed by atoms with E-state index in [0.29, 0.717) is 19.7 Å². The van der Waals surface area contributed by atoms with E-state index in [1.165, 1.54) is 37.3 Å². The number of benzene rings is 2. The minimum absolute atomic E-state index is 0.192. The molecule has 4 rings (SSSR count). The number of rotatable bonds is 3. The Hall–Kier alpha value is -2.60. The molecule has 154 valence electrons. The molecule has 0 aromatic heterocycles. The Morgan fingerprint density at radius 1 is 1.03 bits per heavy atom. The molecule has 6 heteroatoms. The number of likely N-dealkylation sites (tertiary alicyclic amines) is 1. The van der Waals surface area contributed by atoms with Crippen molar-refractivity contribution in [1.29, 1.82) is 0 Å². The Morgan fingerprint density at radius 2 is 1.83 bits per heavy atom. The first kappa shape index (κ1) is 19.7. The van der Waals surface area contributed by atoms with E-state index in [1.54, 1.807) is 23.1 Å². The number of ether oxygens (including phenoxy) is 1. The summed E-state index contributed by atoms with van der Waals surface area (Å²) >= 11 is 0. The van der Waals surface area contributed by atoms with Crippen molar-refractivity contribution in [3.05, 3.63) is 59.4 Å². The van der Waals surface area contributed by atoms with Crippen LogP contribution in [0.2, 0.25) is 0 Å². The molecule has 0 spiro atoms. The molecule has 0 aliphatic carbocycles. The maximum absolute atomic E-state index is 13.9. The molecule has 2 aliphatic rings. The number of urea groups is 1. The van der Waals surface area contributed by atoms with Gasteiger partial charge in [0.15, 0.2) is 0 Å². The van der Waals surface area contributed by atoms with E-state index in [9.17, 15) is 9.18 Å². The Balaban J connectivity index is 1.45. The number of para-hydroxylation sites is 1. The molecule has 2 heterocycles. The second kappa shape index (κ2) is 9.27. The van der Waals surface area contributed by atoms with Crippen LogP contribution in [0.4, 0.5) is 14.9 Å². The van der Waals surface area contributed by atoms with Gasteiger partial charge in [0, 0.05) is 12.1 Å². The standard InChI is InChI=1S/C23H28FN3O2/c24-20-7-3-4-8-21(20)25-23(28)27-13-14-29-22-10-9-18(15-19(22)17-27)16-26-11-5-1-2-6-12-26/h3-4,7-10,15H,1-2,5-6,11-14,16-17H2,(H,25,28). The van der Waals surface area contributed by atoms with Gasteiger partial charge in [-0.3, -0.25) is 4.90 Å². The lowest BCUT2D eigenvalue weighted by atomic mass is 10.1. The summed E-state index contributed by atoms with van der Waals surface area (Å²) in [5.74, 6) is 0.387. The second-order valence-corrected chi connectivity index (χ2v) is 7.81. The highest BCUT2D eigenvalue weighted by molar-refractivity contribution is 5.89. The summed E-state index contributed by atoms with van der Waals surface area (Å²) in [6, 6.07) is 12.2. The molecule has 1 saturated heterocycles. The van der Waals surface area contributed by atoms with Crippen molar-refractivity contribution in [2.45, 2.75) is 38.8 Å². The monoisotopic (exact) mass is 397 g/mol. The highest BCUT2D eigenvalue weighted by Crippen LogP contribution is 2.26. The van der Waals surface area contributed by atoms with Gasteiger partial charge in [-0.25, -0.2) is 9.18 Å². The minimum Gasteiger partial charge on any atom is -0.491 e. The van der Waals surface area contributed by atoms with Crippen LogP contribution in [-0.2, 0) is 13.1 Å². The van der Waals surface area contributed by atoms with Crippen LogP contribution in [0.25, 0.3) is 0 Å². The molecule has 0 bridgehead atoms. The average molecular weight is 397 g/mol. The highest BCUT2D eigenvalue weighted by atomic mass is 19.1. The topological polar surface area (TPSA) is 44.8 Å². The van der Waals surface area contributed by atoms with Gasteiger partial charge in [0.25, 0.3) is 0 Å². The molecule has 2 aromatic carbocycles. The summed E-state index contributed by atoms with van der Waals surface area (Å²) in [5, 5.41) is 2.67. The van der Waals surface area contributed by atoms with Crippen LogP contribution in [0.15, 0.2) is 42.5 Å². The predicted octanol–water partition coefficient (Wildman–Crippen LogP) is 4.63. The lowest BCUT2D eigenvalue weighted by molar-refractivity contribution is 0.200. The van der Waals surface area contributed by atoms with Crippen LogP contribution in [0.1, 0.15) is 36.8 Å². The van der Waals surface area contributed by atoms with Gasteiger partial charge in [-0.15, -0.1) is 0 Å². The van der Waals surface area contributed by atoms with Gasteiger partial charge in [-0.2, -0.15) is 0 Å². The number of amides is 2. The first-order valence-corrected chi connectivity index (χ1v) is 10.5. The third-order valence-electron chi connectivity index (χ3n) is 5.61. The molecule has 5 nitrogen and oxygen atoms in total. The van der Waals surface area contributed by atoms with E-state index in [-0.39, 0.29) is 11.7 Å². The van der Waals surface area contributed by atoms with E-state index in [0.717, 1.165) is 30.9 Å². The van der Waals surface area contributed by atoms with Crippen molar-refractivity contribution >= 4 is 11.7 Å². The van der Waals surface area contributed by atoms with Crippen LogP contribution in [0.3, 0.4) is 0 Å². The molecular weight excluding hydrogens is 369 g/mol. The van der Waals surface area contributed by atoms with Gasteiger partial charge in [0.1, 0.15) is 18.2 Å². The predicted molar refractivity (Wildman–Crippen MR) is 112 cm³/mol. The third-order valence-corrected chi connectivity index (χ3v) is 5.61. The molecular formula is C23H28FN3O2. The summed E-state index contributed by atoms with van der Waals surface area (Å²) in [7, 11) is 0. The summed E-state index contributed by atoms with van der Waals surface area (Å²) in [6.07, 6.45) is 5.16. The Labute approximate surface area is 171 Å². The SMILES string of the molecule is O=C(Nc1ccccc1F)N1CCOc2ccc(CN3CCCCCC3)cc2C1. The highest BCUT2D eigenvalue weighted by Gasteiger charge is 2.21. The van der Waals surface area contributed by atoms with Crippen LogP contribution < -0.4 is 10.1 Å². The zero-order chi connectivity index (χ0) is 20.1. The number of carbonyl (C=O) groups is 1. The van der Waals surface area contributed by atoms with Crippen molar-refractivity contribution in [3.8, 4) is 5.75 Å². The quantitative estimate of drug-likeness (QED) is 0.821. The van der Waals surface area contributed by atoms with Crippen molar-refractivity contribution in [1.82, 2.24) is 9.80 Å². The molecule has 1 fully saturated rings. The second-order valence-electron chi connectivity index (χ2n) is 7.81. The number of nitrogens with zero attached hydrogens (tertiary/aromatic N) is 2. The van der Waals surface area contributed by atoms with E-state index >= 15 is 0 Å². The van der Waals surface area contributed by atoms with Gasteiger partial charge < -0.3 is 15.0 Å². The Bertz CT molecular complexity index is 850. The maximum atomic E-state index is 13.9. The number of hydrogen-bond acceptors (Lipinski definition) is 3. The maximum Gasteiger partial charge on any atom is 0.322 e. The first-order chi connectivity index (χ1) is 14.2. The molecule has 2 aliphatic heterocycles. The number of fused-ring (bicyclic) bond motifs is 1. The van der Waals surface area contributed by atoms with E-state index in [4.69, 9.17) is 4.74 Å². The van der Waals surface area contributed by atoms with Crippen LogP contribution in [-0.4, -0.2) is 42.1 Å². The smallest absolute Gasteiger partial charge is 0.322 e. The summed E-state index contributed by atoms with van der Waals surface area (Å²) in [5.41, 5.74) is 2.43. The minimum atomic E-state index is -0.438. The lowest BCUT2D eigenvalue weighted by Crippen LogP contribution is -2.36. The molecule has 0 radical (unpaired) electrons. The van der Waals surface area contributed by atoms with E-state index < -0.39 is 5.82 Å². The molecule has 0 unspecified atom stereocenters. The summed E-state index contributed by atoms with van der Waals surface area (Å²) in [4.78, 5) is 16.9. The molecule has 0 atom stereocenters. The Morgan fingerprint density at radius 3 is 2.62 bits per heavy atom. The van der Waals surface area contributed by atoms with Crippen LogP contribution in [0.5, 0.6) is 5.75 Å². The number of carbonyl (C=O) groups excluding carboxylic acids is 1. The summed E-state index contributed by atoms with van der Waals surface area (Å²) < 4.78 is 19.7. The van der Waals surface area contributed by atoms with Gasteiger partial charge in [0.2, 0.25) is 0 Å². The number of anilines is 1. The Kier molecular flexibility index (Phi) is 6.30. The van der Waals surface area contributed by atoms with Gasteiger partial charge in [0.05, 0.1) is 18.8 Å². The third kappa shape index (κ3) is 5.07. The van der Waals surface area contributed by atoms with Gasteiger partial charge >= 0.3 is 6.03 Å². The fourth-order valence-corrected chi connectivity index (χ4v) is 4.03. The van der Waals surface area contributed by atoms with Crippen LogP contribution >= 0.6 is 0 Å². The van der Waals surface area contributed by atoms with E-state index in [2.05, 4.69) is 22.3 Å². The lowest BCUT2D eigenvalue weighted by Gasteiger charge is -2.22. The van der Waals surface area contributed by atoms with Crippen molar-refractivity contribution < 1.29 is 13.9 Å². The molecule has 0 saturated carbocycles. The molecule has 29 heavy (non-hydrogen) atoms. The normalized spacial score (nSPS) is 17.6. The average Bonchev–Trinajstić information content (AvgIpc) is 3.10.